The topological polar surface area (TPSA) is 86.7 Å². The van der Waals surface area contributed by atoms with Gasteiger partial charge < -0.3 is 15.3 Å². The molecule has 0 radical (unpaired) electrons. The number of nitrogens with one attached hydrogen (secondary N) is 1. The van der Waals surface area contributed by atoms with Gasteiger partial charge in [-0.15, -0.1) is 0 Å². The summed E-state index contributed by atoms with van der Waals surface area (Å²) in [6.07, 6.45) is 3.93. The Kier molecular flexibility index (Phi) is 3.36. The molecule has 0 aromatic carbocycles. The maximum atomic E-state index is 11.9. The Labute approximate surface area is 105 Å². The van der Waals surface area contributed by atoms with Crippen LogP contribution in [0.1, 0.15) is 12.8 Å². The van der Waals surface area contributed by atoms with Crippen molar-refractivity contribution in [1.29, 1.82) is 0 Å². The Hall–Kier alpha value is -1.85. The van der Waals surface area contributed by atoms with Crippen molar-refractivity contribution in [2.24, 2.45) is 11.8 Å². The summed E-state index contributed by atoms with van der Waals surface area (Å²) in [4.78, 5) is 35.5. The molecule has 1 aliphatic carbocycles. The highest BCUT2D eigenvalue weighted by atomic mass is 16.4. The van der Waals surface area contributed by atoms with Gasteiger partial charge in [-0.1, -0.05) is 12.2 Å². The van der Waals surface area contributed by atoms with Crippen molar-refractivity contribution >= 4 is 17.8 Å². The number of likely N-dealkylation sites (tertiary alicyclic amines) is 1. The Bertz CT molecular complexity index is 418. The average molecular weight is 252 g/mol. The van der Waals surface area contributed by atoms with Gasteiger partial charge in [0.25, 0.3) is 0 Å². The molecule has 6 heteroatoms. The largest absolute Gasteiger partial charge is 0.481 e. The summed E-state index contributed by atoms with van der Waals surface area (Å²) in [6.45, 7) is 0.434. The molecule has 0 aromatic heterocycles. The van der Waals surface area contributed by atoms with Crippen molar-refractivity contribution in [3.8, 4) is 0 Å². The van der Waals surface area contributed by atoms with Crippen LogP contribution < -0.4 is 5.32 Å². The van der Waals surface area contributed by atoms with E-state index in [2.05, 4.69) is 5.32 Å². The minimum Gasteiger partial charge on any atom is -0.481 e. The summed E-state index contributed by atoms with van der Waals surface area (Å²) < 4.78 is 0. The van der Waals surface area contributed by atoms with Crippen LogP contribution in [-0.2, 0) is 14.4 Å². The Morgan fingerprint density at radius 2 is 2.17 bits per heavy atom. The molecule has 1 heterocycles. The van der Waals surface area contributed by atoms with Crippen LogP contribution in [0.25, 0.3) is 0 Å². The molecule has 98 valence electrons. The normalized spacial score (nSPS) is 30.8. The first-order valence-corrected chi connectivity index (χ1v) is 5.93. The Balaban J connectivity index is 1.85. The minimum absolute atomic E-state index is 0.0273. The molecule has 3 atom stereocenters. The first kappa shape index (κ1) is 12.6. The fraction of sp³-hybridized carbons (Fsp3) is 0.583. The van der Waals surface area contributed by atoms with E-state index >= 15 is 0 Å². The second-order valence-electron chi connectivity index (χ2n) is 4.86. The molecule has 3 unspecified atom stereocenters. The monoisotopic (exact) mass is 252 g/mol. The van der Waals surface area contributed by atoms with Gasteiger partial charge in [-0.05, 0) is 6.42 Å². The molecule has 0 bridgehead atoms. The molecular formula is C12H16N2O4. The zero-order valence-corrected chi connectivity index (χ0v) is 10.1. The molecule has 2 amide bonds. The number of rotatable bonds is 3. The van der Waals surface area contributed by atoms with Gasteiger partial charge in [-0.3, -0.25) is 14.4 Å². The Morgan fingerprint density at radius 3 is 2.67 bits per heavy atom. The summed E-state index contributed by atoms with van der Waals surface area (Å²) in [5.41, 5.74) is 0. The highest BCUT2D eigenvalue weighted by Gasteiger charge is 2.34. The van der Waals surface area contributed by atoms with E-state index in [0.717, 1.165) is 0 Å². The van der Waals surface area contributed by atoms with Gasteiger partial charge in [0.2, 0.25) is 11.8 Å². The number of carboxylic acids is 1. The average Bonchev–Trinajstić information content (AvgIpc) is 2.87. The quantitative estimate of drug-likeness (QED) is 0.670. The zero-order chi connectivity index (χ0) is 13.3. The maximum Gasteiger partial charge on any atom is 0.310 e. The van der Waals surface area contributed by atoms with E-state index in [0.29, 0.717) is 13.0 Å². The van der Waals surface area contributed by atoms with E-state index < -0.39 is 11.9 Å². The molecule has 2 N–H and O–H groups in total. The second kappa shape index (κ2) is 4.80. The summed E-state index contributed by atoms with van der Waals surface area (Å²) >= 11 is 0. The highest BCUT2D eigenvalue weighted by Crippen LogP contribution is 2.20. The molecule has 1 aliphatic heterocycles. The molecule has 1 fully saturated rings. The van der Waals surface area contributed by atoms with E-state index in [1.807, 2.05) is 0 Å². The first-order valence-electron chi connectivity index (χ1n) is 5.93. The second-order valence-corrected chi connectivity index (χ2v) is 4.86. The molecule has 2 rings (SSSR count). The summed E-state index contributed by atoms with van der Waals surface area (Å²) in [5.74, 6) is -1.92. The molecule has 0 spiro atoms. The van der Waals surface area contributed by atoms with E-state index in [1.165, 1.54) is 4.90 Å². The number of aliphatic carboxylic acids is 1. The van der Waals surface area contributed by atoms with Crippen LogP contribution in [0.2, 0.25) is 0 Å². The summed E-state index contributed by atoms with van der Waals surface area (Å²) in [7, 11) is 1.67. The molecule has 0 saturated carbocycles. The molecule has 0 aromatic rings. The highest BCUT2D eigenvalue weighted by molar-refractivity contribution is 5.89. The van der Waals surface area contributed by atoms with Crippen LogP contribution in [0.15, 0.2) is 12.2 Å². The molecule has 2 aliphatic rings. The molecule has 1 saturated heterocycles. The van der Waals surface area contributed by atoms with Crippen LogP contribution >= 0.6 is 0 Å². The molecular weight excluding hydrogens is 236 g/mol. The van der Waals surface area contributed by atoms with Crippen LogP contribution in [0.3, 0.4) is 0 Å². The number of carbonyl (C=O) groups is 3. The first-order chi connectivity index (χ1) is 8.47. The van der Waals surface area contributed by atoms with Gasteiger partial charge in [0, 0.05) is 26.1 Å². The van der Waals surface area contributed by atoms with Crippen molar-refractivity contribution in [2.45, 2.75) is 18.9 Å². The third-order valence-corrected chi connectivity index (χ3v) is 3.44. The molecule has 18 heavy (non-hydrogen) atoms. The third kappa shape index (κ3) is 2.52. The predicted octanol–water partition coefficient (Wildman–Crippen LogP) is -0.390. The van der Waals surface area contributed by atoms with E-state index in [-0.39, 0.29) is 30.2 Å². The van der Waals surface area contributed by atoms with Crippen molar-refractivity contribution in [2.75, 3.05) is 13.6 Å². The van der Waals surface area contributed by atoms with E-state index in [1.54, 1.807) is 19.2 Å². The van der Waals surface area contributed by atoms with Crippen molar-refractivity contribution in [3.63, 3.8) is 0 Å². The lowest BCUT2D eigenvalue weighted by atomic mass is 10.1. The predicted molar refractivity (Wildman–Crippen MR) is 62.6 cm³/mol. The van der Waals surface area contributed by atoms with Gasteiger partial charge in [-0.25, -0.2) is 0 Å². The van der Waals surface area contributed by atoms with Gasteiger partial charge in [0.15, 0.2) is 0 Å². The number of hydrogen-bond donors (Lipinski definition) is 2. The van der Waals surface area contributed by atoms with Crippen molar-refractivity contribution < 1.29 is 19.5 Å². The van der Waals surface area contributed by atoms with Gasteiger partial charge >= 0.3 is 5.97 Å². The number of carboxylic acid groups (broad SMARTS) is 1. The minimum atomic E-state index is -0.876. The van der Waals surface area contributed by atoms with Crippen LogP contribution in [0, 0.1) is 11.8 Å². The van der Waals surface area contributed by atoms with Gasteiger partial charge in [-0.2, -0.15) is 0 Å². The van der Waals surface area contributed by atoms with Crippen LogP contribution in [0.5, 0.6) is 0 Å². The van der Waals surface area contributed by atoms with Crippen molar-refractivity contribution in [1.82, 2.24) is 10.2 Å². The lowest BCUT2D eigenvalue weighted by Gasteiger charge is -2.15. The smallest absolute Gasteiger partial charge is 0.310 e. The number of amides is 2. The number of carbonyl (C=O) groups excluding carboxylic acids is 2. The fourth-order valence-corrected chi connectivity index (χ4v) is 2.33. The fourth-order valence-electron chi connectivity index (χ4n) is 2.33. The zero-order valence-electron chi connectivity index (χ0n) is 10.1. The standard InChI is InChI=1S/C12H16N2O4/c1-14-6-8(5-10(14)15)11(16)13-9-3-2-7(4-9)12(17)18/h2-3,7-9H,4-6H2,1H3,(H,13,16)(H,17,18). The van der Waals surface area contributed by atoms with Crippen LogP contribution in [-0.4, -0.2) is 47.4 Å². The third-order valence-electron chi connectivity index (χ3n) is 3.44. The van der Waals surface area contributed by atoms with Gasteiger partial charge in [0.1, 0.15) is 0 Å². The van der Waals surface area contributed by atoms with E-state index in [9.17, 15) is 14.4 Å². The van der Waals surface area contributed by atoms with Gasteiger partial charge in [0.05, 0.1) is 11.8 Å². The summed E-state index contributed by atoms with van der Waals surface area (Å²) in [5, 5.41) is 11.6. The van der Waals surface area contributed by atoms with Crippen molar-refractivity contribution in [3.05, 3.63) is 12.2 Å². The van der Waals surface area contributed by atoms with E-state index in [4.69, 9.17) is 5.11 Å². The lowest BCUT2D eigenvalue weighted by molar-refractivity contribution is -0.140. The maximum absolute atomic E-state index is 11.9. The Morgan fingerprint density at radius 1 is 1.44 bits per heavy atom. The summed E-state index contributed by atoms with van der Waals surface area (Å²) in [6, 6.07) is -0.236. The number of hydrogen-bond acceptors (Lipinski definition) is 3. The number of nitrogens with zero attached hydrogens (tertiary/aromatic N) is 1. The SMILES string of the molecule is CN1CC(C(=O)NC2C=CC(C(=O)O)C2)CC1=O. The van der Waals surface area contributed by atoms with Crippen LogP contribution in [0.4, 0.5) is 0 Å². The molecule has 6 nitrogen and oxygen atoms in total. The lowest BCUT2D eigenvalue weighted by Crippen LogP contribution is -2.38.